The minimum atomic E-state index is -0.949. The van der Waals surface area contributed by atoms with Crippen molar-refractivity contribution in [3.8, 4) is 28.5 Å². The van der Waals surface area contributed by atoms with Gasteiger partial charge in [-0.25, -0.2) is 18.6 Å². The Bertz CT molecular complexity index is 1470. The second-order valence-corrected chi connectivity index (χ2v) is 7.73. The number of methoxy groups -OCH3 is 3. The molecule has 0 atom stereocenters. The molecule has 190 valence electrons. The fourth-order valence-corrected chi connectivity index (χ4v) is 3.71. The molecule has 0 spiro atoms. The van der Waals surface area contributed by atoms with E-state index in [4.69, 9.17) is 18.9 Å². The number of amides is 1. The Labute approximate surface area is 210 Å². The molecule has 10 heteroatoms. The van der Waals surface area contributed by atoms with E-state index in [1.54, 1.807) is 36.4 Å². The summed E-state index contributed by atoms with van der Waals surface area (Å²) in [5.74, 6) is -2.10. The van der Waals surface area contributed by atoms with Gasteiger partial charge in [-0.15, -0.1) is 0 Å². The third-order valence-corrected chi connectivity index (χ3v) is 5.44. The number of anilines is 1. The number of para-hydroxylation sites is 1. The summed E-state index contributed by atoms with van der Waals surface area (Å²) in [6, 6.07) is 14.6. The lowest BCUT2D eigenvalue weighted by molar-refractivity contribution is -0.119. The monoisotopic (exact) mass is 508 g/mol. The number of rotatable bonds is 8. The third-order valence-electron chi connectivity index (χ3n) is 5.44. The summed E-state index contributed by atoms with van der Waals surface area (Å²) in [6.07, 6.45) is 0. The number of fused-ring (bicyclic) bond motifs is 1. The molecule has 0 unspecified atom stereocenters. The zero-order valence-electron chi connectivity index (χ0n) is 20.1. The highest BCUT2D eigenvalue weighted by Crippen LogP contribution is 2.41. The topological polar surface area (TPSA) is 96.0 Å². The minimum Gasteiger partial charge on any atom is -0.493 e. The largest absolute Gasteiger partial charge is 0.493 e. The highest BCUT2D eigenvalue weighted by Gasteiger charge is 2.20. The Balaban J connectivity index is 1.64. The van der Waals surface area contributed by atoms with Crippen LogP contribution in [0.3, 0.4) is 0 Å². The summed E-state index contributed by atoms with van der Waals surface area (Å²) in [5.41, 5.74) is 1.44. The smallest absolute Gasteiger partial charge is 0.339 e. The molecular weight excluding hydrogens is 486 g/mol. The molecule has 0 aliphatic rings. The summed E-state index contributed by atoms with van der Waals surface area (Å²) in [6.45, 7) is -0.689. The van der Waals surface area contributed by atoms with Gasteiger partial charge in [-0.1, -0.05) is 18.2 Å². The molecule has 4 aromatic rings. The molecule has 0 saturated carbocycles. The SMILES string of the molecule is COc1cc(-c2cc(C(=O)OCC(=O)Nc3ccc(F)cc3F)c3ccccc3n2)cc(OC)c1OC. The number of hydrogen-bond donors (Lipinski definition) is 1. The van der Waals surface area contributed by atoms with Gasteiger partial charge in [-0.05, 0) is 36.4 Å². The molecule has 0 saturated heterocycles. The number of pyridine rings is 1. The molecule has 0 aliphatic heterocycles. The van der Waals surface area contributed by atoms with Gasteiger partial charge in [-0.2, -0.15) is 0 Å². The van der Waals surface area contributed by atoms with Crippen LogP contribution in [-0.4, -0.2) is 44.8 Å². The van der Waals surface area contributed by atoms with Gasteiger partial charge in [0, 0.05) is 17.0 Å². The van der Waals surface area contributed by atoms with Crippen LogP contribution in [0.4, 0.5) is 14.5 Å². The molecule has 1 heterocycles. The van der Waals surface area contributed by atoms with Crippen LogP contribution < -0.4 is 19.5 Å². The number of benzene rings is 3. The van der Waals surface area contributed by atoms with Crippen molar-refractivity contribution in [2.45, 2.75) is 0 Å². The molecule has 4 rings (SSSR count). The normalized spacial score (nSPS) is 10.6. The Morgan fingerprint density at radius 2 is 1.59 bits per heavy atom. The number of nitrogens with one attached hydrogen (secondary N) is 1. The first kappa shape index (κ1) is 25.4. The Morgan fingerprint density at radius 3 is 2.24 bits per heavy atom. The van der Waals surface area contributed by atoms with Crippen LogP contribution in [0.2, 0.25) is 0 Å². The maximum Gasteiger partial charge on any atom is 0.339 e. The van der Waals surface area contributed by atoms with E-state index < -0.39 is 30.1 Å². The van der Waals surface area contributed by atoms with Crippen molar-refractivity contribution in [3.63, 3.8) is 0 Å². The van der Waals surface area contributed by atoms with Crippen LogP contribution in [0.5, 0.6) is 17.2 Å². The van der Waals surface area contributed by atoms with E-state index in [0.717, 1.165) is 12.1 Å². The van der Waals surface area contributed by atoms with E-state index in [-0.39, 0.29) is 11.3 Å². The molecule has 3 aromatic carbocycles. The number of hydrogen-bond acceptors (Lipinski definition) is 7. The zero-order valence-corrected chi connectivity index (χ0v) is 20.1. The molecule has 1 N–H and O–H groups in total. The summed E-state index contributed by atoms with van der Waals surface area (Å²) in [5, 5.41) is 2.75. The molecule has 0 radical (unpaired) electrons. The lowest BCUT2D eigenvalue weighted by Gasteiger charge is -2.15. The number of ether oxygens (including phenoxy) is 4. The van der Waals surface area contributed by atoms with Crippen LogP contribution in [-0.2, 0) is 9.53 Å². The van der Waals surface area contributed by atoms with E-state index in [1.807, 2.05) is 0 Å². The highest BCUT2D eigenvalue weighted by molar-refractivity contribution is 6.05. The van der Waals surface area contributed by atoms with Crippen molar-refractivity contribution in [3.05, 3.63) is 77.9 Å². The van der Waals surface area contributed by atoms with Gasteiger partial charge in [0.05, 0.1) is 43.8 Å². The fraction of sp³-hybridized carbons (Fsp3) is 0.148. The first-order chi connectivity index (χ1) is 17.8. The van der Waals surface area contributed by atoms with Gasteiger partial charge in [0.2, 0.25) is 5.75 Å². The number of nitrogens with zero attached hydrogens (tertiary/aromatic N) is 1. The summed E-state index contributed by atoms with van der Waals surface area (Å²) < 4.78 is 48.3. The fourth-order valence-electron chi connectivity index (χ4n) is 3.71. The standard InChI is InChI=1S/C27H22F2N2O6/c1-34-23-10-15(11-24(35-2)26(23)36-3)22-13-18(17-6-4-5-7-20(17)30-22)27(33)37-14-25(32)31-21-9-8-16(28)12-19(21)29/h4-13H,14H2,1-3H3,(H,31,32). The van der Waals surface area contributed by atoms with Crippen molar-refractivity contribution in [2.75, 3.05) is 33.3 Å². The lowest BCUT2D eigenvalue weighted by Crippen LogP contribution is -2.21. The maximum absolute atomic E-state index is 13.8. The van der Waals surface area contributed by atoms with E-state index in [2.05, 4.69) is 10.3 Å². The van der Waals surface area contributed by atoms with Crippen molar-refractivity contribution in [2.24, 2.45) is 0 Å². The van der Waals surface area contributed by atoms with Gasteiger partial charge in [0.25, 0.3) is 5.91 Å². The van der Waals surface area contributed by atoms with Crippen LogP contribution >= 0.6 is 0 Å². The number of halogens is 2. The van der Waals surface area contributed by atoms with Crippen LogP contribution in [0.15, 0.2) is 60.7 Å². The second kappa shape index (κ2) is 10.9. The van der Waals surface area contributed by atoms with Gasteiger partial charge in [-0.3, -0.25) is 4.79 Å². The predicted octanol–water partition coefficient (Wildman–Crippen LogP) is 5.00. The number of aromatic nitrogens is 1. The van der Waals surface area contributed by atoms with E-state index in [1.165, 1.54) is 27.4 Å². The Morgan fingerprint density at radius 1 is 0.892 bits per heavy atom. The minimum absolute atomic E-state index is 0.162. The summed E-state index contributed by atoms with van der Waals surface area (Å²) in [7, 11) is 4.46. The Hall–Kier alpha value is -4.73. The van der Waals surface area contributed by atoms with Crippen molar-refractivity contribution < 1.29 is 37.3 Å². The van der Waals surface area contributed by atoms with Gasteiger partial charge >= 0.3 is 5.97 Å². The second-order valence-electron chi connectivity index (χ2n) is 7.73. The zero-order chi connectivity index (χ0) is 26.5. The molecular formula is C27H22F2N2O6. The molecule has 0 fully saturated rings. The molecule has 8 nitrogen and oxygen atoms in total. The number of carbonyl (C=O) groups is 2. The van der Waals surface area contributed by atoms with Crippen molar-refractivity contribution in [1.82, 2.24) is 4.98 Å². The number of carbonyl (C=O) groups excluding carboxylic acids is 2. The first-order valence-electron chi connectivity index (χ1n) is 11.0. The van der Waals surface area contributed by atoms with Crippen LogP contribution in [0.1, 0.15) is 10.4 Å². The van der Waals surface area contributed by atoms with Crippen LogP contribution in [0.25, 0.3) is 22.2 Å². The van der Waals surface area contributed by atoms with Gasteiger partial charge in [0.15, 0.2) is 18.1 Å². The lowest BCUT2D eigenvalue weighted by atomic mass is 10.0. The van der Waals surface area contributed by atoms with E-state index in [9.17, 15) is 18.4 Å². The highest BCUT2D eigenvalue weighted by atomic mass is 19.1. The first-order valence-corrected chi connectivity index (χ1v) is 11.0. The van der Waals surface area contributed by atoms with Crippen molar-refractivity contribution in [1.29, 1.82) is 0 Å². The molecule has 0 bridgehead atoms. The van der Waals surface area contributed by atoms with E-state index >= 15 is 0 Å². The van der Waals surface area contributed by atoms with Gasteiger partial charge < -0.3 is 24.3 Å². The summed E-state index contributed by atoms with van der Waals surface area (Å²) >= 11 is 0. The molecule has 37 heavy (non-hydrogen) atoms. The van der Waals surface area contributed by atoms with Crippen molar-refractivity contribution >= 4 is 28.5 Å². The molecule has 1 amide bonds. The average molecular weight is 508 g/mol. The maximum atomic E-state index is 13.8. The Kier molecular flexibility index (Phi) is 7.47. The average Bonchev–Trinajstić information content (AvgIpc) is 2.91. The van der Waals surface area contributed by atoms with Crippen LogP contribution in [0, 0.1) is 11.6 Å². The predicted molar refractivity (Wildman–Crippen MR) is 132 cm³/mol. The number of esters is 1. The molecule has 0 aliphatic carbocycles. The summed E-state index contributed by atoms with van der Waals surface area (Å²) in [4.78, 5) is 29.9. The quantitative estimate of drug-likeness (QED) is 0.335. The third kappa shape index (κ3) is 5.43. The van der Waals surface area contributed by atoms with E-state index in [0.29, 0.717) is 45.5 Å². The van der Waals surface area contributed by atoms with Gasteiger partial charge in [0.1, 0.15) is 11.6 Å². The molecule has 1 aromatic heterocycles.